The second kappa shape index (κ2) is 5.65. The molecular weight excluding hydrogens is 204 g/mol. The highest BCUT2D eigenvalue weighted by molar-refractivity contribution is 5.92. The predicted molar refractivity (Wildman–Crippen MR) is 63.3 cm³/mol. The van der Waals surface area contributed by atoms with Crippen LogP contribution in [0.4, 0.5) is 0 Å². The zero-order valence-corrected chi connectivity index (χ0v) is 10.2. The number of nitrogens with one attached hydrogen (secondary N) is 1. The number of aryl methyl sites for hydroxylation is 2. The molecule has 0 saturated heterocycles. The summed E-state index contributed by atoms with van der Waals surface area (Å²) >= 11 is 0. The minimum Gasteiger partial charge on any atom is -0.347 e. The van der Waals surface area contributed by atoms with Gasteiger partial charge in [-0.05, 0) is 26.3 Å². The van der Waals surface area contributed by atoms with Gasteiger partial charge in [-0.25, -0.2) is 0 Å². The van der Waals surface area contributed by atoms with Crippen molar-refractivity contribution in [2.24, 2.45) is 5.73 Å². The maximum absolute atomic E-state index is 11.9. The summed E-state index contributed by atoms with van der Waals surface area (Å²) in [5.41, 5.74) is 7.01. The van der Waals surface area contributed by atoms with E-state index in [2.05, 4.69) is 10.4 Å². The third-order valence-electron chi connectivity index (χ3n) is 2.46. The van der Waals surface area contributed by atoms with E-state index in [0.29, 0.717) is 18.8 Å². The number of rotatable bonds is 5. The van der Waals surface area contributed by atoms with Crippen molar-refractivity contribution in [3.63, 3.8) is 0 Å². The highest BCUT2D eigenvalue weighted by atomic mass is 16.2. The maximum Gasteiger partial charge on any atom is 0.269 e. The first-order valence-corrected chi connectivity index (χ1v) is 5.70. The van der Waals surface area contributed by atoms with Crippen molar-refractivity contribution >= 4 is 5.91 Å². The zero-order valence-electron chi connectivity index (χ0n) is 10.2. The van der Waals surface area contributed by atoms with E-state index in [1.54, 1.807) is 4.68 Å². The summed E-state index contributed by atoms with van der Waals surface area (Å²) in [6.07, 6.45) is 0.833. The molecule has 0 saturated carbocycles. The lowest BCUT2D eigenvalue weighted by Crippen LogP contribution is -2.38. The SMILES string of the molecule is CCc1cc(C(=O)NC(C)CN)n(CC)n1. The molecule has 1 aromatic rings. The maximum atomic E-state index is 11.9. The monoisotopic (exact) mass is 224 g/mol. The minimum absolute atomic E-state index is 0.0159. The first-order valence-electron chi connectivity index (χ1n) is 5.70. The van der Waals surface area contributed by atoms with Crippen LogP contribution in [0.3, 0.4) is 0 Å². The van der Waals surface area contributed by atoms with Crippen molar-refractivity contribution in [1.29, 1.82) is 0 Å². The highest BCUT2D eigenvalue weighted by Crippen LogP contribution is 2.05. The number of aromatic nitrogens is 2. The van der Waals surface area contributed by atoms with Gasteiger partial charge in [0.2, 0.25) is 0 Å². The Balaban J connectivity index is 2.85. The largest absolute Gasteiger partial charge is 0.347 e. The Morgan fingerprint density at radius 3 is 2.81 bits per heavy atom. The molecule has 3 N–H and O–H groups in total. The van der Waals surface area contributed by atoms with Gasteiger partial charge in [0.25, 0.3) is 5.91 Å². The van der Waals surface area contributed by atoms with Gasteiger partial charge in [0.15, 0.2) is 0 Å². The molecule has 0 aliphatic heterocycles. The number of amides is 1. The van der Waals surface area contributed by atoms with Crippen LogP contribution in [-0.4, -0.2) is 28.3 Å². The van der Waals surface area contributed by atoms with E-state index in [9.17, 15) is 4.79 Å². The third kappa shape index (κ3) is 2.82. The van der Waals surface area contributed by atoms with Crippen molar-refractivity contribution < 1.29 is 4.79 Å². The van der Waals surface area contributed by atoms with E-state index in [1.807, 2.05) is 26.8 Å². The normalized spacial score (nSPS) is 12.5. The van der Waals surface area contributed by atoms with Crippen LogP contribution in [0.15, 0.2) is 6.07 Å². The molecule has 0 bridgehead atoms. The molecule has 0 fully saturated rings. The Kier molecular flexibility index (Phi) is 4.49. The van der Waals surface area contributed by atoms with E-state index in [4.69, 9.17) is 5.73 Å². The lowest BCUT2D eigenvalue weighted by molar-refractivity contribution is 0.0930. The quantitative estimate of drug-likeness (QED) is 0.766. The van der Waals surface area contributed by atoms with Crippen molar-refractivity contribution in [2.75, 3.05) is 6.54 Å². The third-order valence-corrected chi connectivity index (χ3v) is 2.46. The predicted octanol–water partition coefficient (Wildman–Crippen LogP) is 0.542. The van der Waals surface area contributed by atoms with E-state index in [1.165, 1.54) is 0 Å². The van der Waals surface area contributed by atoms with Gasteiger partial charge in [-0.2, -0.15) is 5.10 Å². The molecule has 90 valence electrons. The number of nitrogens with two attached hydrogens (primary N) is 1. The summed E-state index contributed by atoms with van der Waals surface area (Å²) in [7, 11) is 0. The fraction of sp³-hybridized carbons (Fsp3) is 0.636. The van der Waals surface area contributed by atoms with Gasteiger partial charge >= 0.3 is 0 Å². The summed E-state index contributed by atoms with van der Waals surface area (Å²) in [5.74, 6) is -0.105. The van der Waals surface area contributed by atoms with E-state index < -0.39 is 0 Å². The molecule has 5 nitrogen and oxygen atoms in total. The van der Waals surface area contributed by atoms with Crippen molar-refractivity contribution in [3.05, 3.63) is 17.5 Å². The lowest BCUT2D eigenvalue weighted by atomic mass is 10.2. The molecule has 16 heavy (non-hydrogen) atoms. The van der Waals surface area contributed by atoms with Gasteiger partial charge in [-0.3, -0.25) is 9.48 Å². The van der Waals surface area contributed by atoms with Crippen LogP contribution in [0.2, 0.25) is 0 Å². The Labute approximate surface area is 96.0 Å². The van der Waals surface area contributed by atoms with E-state index in [-0.39, 0.29) is 11.9 Å². The number of nitrogens with zero attached hydrogens (tertiary/aromatic N) is 2. The average Bonchev–Trinajstić information content (AvgIpc) is 2.71. The van der Waals surface area contributed by atoms with E-state index in [0.717, 1.165) is 12.1 Å². The fourth-order valence-electron chi connectivity index (χ4n) is 1.42. The van der Waals surface area contributed by atoms with E-state index >= 15 is 0 Å². The molecule has 0 aromatic carbocycles. The highest BCUT2D eigenvalue weighted by Gasteiger charge is 2.15. The molecule has 0 aliphatic carbocycles. The Morgan fingerprint density at radius 1 is 1.62 bits per heavy atom. The van der Waals surface area contributed by atoms with Gasteiger partial charge in [0.05, 0.1) is 5.69 Å². The van der Waals surface area contributed by atoms with Gasteiger partial charge in [0, 0.05) is 19.1 Å². The molecule has 1 aromatic heterocycles. The van der Waals surface area contributed by atoms with Gasteiger partial charge in [-0.1, -0.05) is 6.92 Å². The van der Waals surface area contributed by atoms with Crippen LogP contribution in [0.5, 0.6) is 0 Å². The Morgan fingerprint density at radius 2 is 2.31 bits per heavy atom. The number of carbonyl (C=O) groups excluding carboxylic acids is 1. The van der Waals surface area contributed by atoms with Crippen LogP contribution in [0, 0.1) is 0 Å². The molecule has 1 unspecified atom stereocenters. The molecule has 0 radical (unpaired) electrons. The summed E-state index contributed by atoms with van der Waals surface area (Å²) in [5, 5.41) is 7.16. The van der Waals surface area contributed by atoms with Crippen molar-refractivity contribution in [3.8, 4) is 0 Å². The number of hydrogen-bond donors (Lipinski definition) is 2. The molecule has 1 heterocycles. The number of hydrogen-bond acceptors (Lipinski definition) is 3. The first kappa shape index (κ1) is 12.7. The molecule has 1 amide bonds. The minimum atomic E-state index is -0.105. The molecule has 1 atom stereocenters. The van der Waals surface area contributed by atoms with Gasteiger partial charge in [-0.15, -0.1) is 0 Å². The summed E-state index contributed by atoms with van der Waals surface area (Å²) in [6, 6.07) is 1.82. The standard InChI is InChI=1S/C11H20N4O/c1-4-9-6-10(15(5-2)14-9)11(16)13-8(3)7-12/h6,8H,4-5,7,12H2,1-3H3,(H,13,16). The van der Waals surface area contributed by atoms with Crippen LogP contribution >= 0.6 is 0 Å². The van der Waals surface area contributed by atoms with Gasteiger partial charge in [0.1, 0.15) is 5.69 Å². The lowest BCUT2D eigenvalue weighted by Gasteiger charge is -2.11. The first-order chi connectivity index (χ1) is 7.62. The summed E-state index contributed by atoms with van der Waals surface area (Å²) < 4.78 is 1.72. The molecular formula is C11H20N4O. The Bertz CT molecular complexity index is 359. The summed E-state index contributed by atoms with van der Waals surface area (Å²) in [4.78, 5) is 11.9. The van der Waals surface area contributed by atoms with Crippen LogP contribution in [-0.2, 0) is 13.0 Å². The van der Waals surface area contributed by atoms with Crippen LogP contribution in [0.25, 0.3) is 0 Å². The topological polar surface area (TPSA) is 72.9 Å². The van der Waals surface area contributed by atoms with Crippen LogP contribution in [0.1, 0.15) is 37.0 Å². The molecule has 0 spiro atoms. The molecule has 5 heteroatoms. The van der Waals surface area contributed by atoms with Crippen molar-refractivity contribution in [2.45, 2.75) is 39.8 Å². The number of carbonyl (C=O) groups is 1. The Hall–Kier alpha value is -1.36. The second-order valence-electron chi connectivity index (χ2n) is 3.80. The average molecular weight is 224 g/mol. The second-order valence-corrected chi connectivity index (χ2v) is 3.80. The van der Waals surface area contributed by atoms with Crippen LogP contribution < -0.4 is 11.1 Å². The zero-order chi connectivity index (χ0) is 12.1. The molecule has 0 aliphatic rings. The summed E-state index contributed by atoms with van der Waals surface area (Å²) in [6.45, 7) is 7.00. The smallest absolute Gasteiger partial charge is 0.269 e. The van der Waals surface area contributed by atoms with Crippen molar-refractivity contribution in [1.82, 2.24) is 15.1 Å². The fourth-order valence-corrected chi connectivity index (χ4v) is 1.42. The molecule has 1 rings (SSSR count). The van der Waals surface area contributed by atoms with Gasteiger partial charge < -0.3 is 11.1 Å².